The van der Waals surface area contributed by atoms with E-state index in [1.807, 2.05) is 0 Å². The van der Waals surface area contributed by atoms with Gasteiger partial charge in [-0.2, -0.15) is 0 Å². The Labute approximate surface area is 138 Å². The van der Waals surface area contributed by atoms with Crippen LogP contribution in [0.2, 0.25) is 0 Å². The predicted molar refractivity (Wildman–Crippen MR) is 84.9 cm³/mol. The lowest BCUT2D eigenvalue weighted by Crippen LogP contribution is -2.42. The van der Waals surface area contributed by atoms with E-state index < -0.39 is 17.7 Å². The molecule has 1 aromatic rings. The van der Waals surface area contributed by atoms with Gasteiger partial charge in [0, 0.05) is 38.5 Å². The van der Waals surface area contributed by atoms with Crippen LogP contribution in [0.1, 0.15) is 13.8 Å². The number of nitrogens with one attached hydrogen (secondary N) is 2. The molecule has 1 amide bonds. The van der Waals surface area contributed by atoms with E-state index in [0.717, 1.165) is 0 Å². The van der Waals surface area contributed by atoms with Gasteiger partial charge in [-0.05, 0) is 24.3 Å². The number of ether oxygens (including phenoxy) is 3. The zero-order valence-corrected chi connectivity index (χ0v) is 13.5. The molecule has 8 nitrogen and oxygen atoms in total. The van der Waals surface area contributed by atoms with Crippen LogP contribution in [0.4, 0.5) is 11.4 Å². The summed E-state index contributed by atoms with van der Waals surface area (Å²) in [6.07, 6.45) is 1.22. The fourth-order valence-electron chi connectivity index (χ4n) is 1.91. The second-order valence-corrected chi connectivity index (χ2v) is 5.44. The average molecular weight is 334 g/mol. The van der Waals surface area contributed by atoms with Gasteiger partial charge in [0.2, 0.25) is 5.91 Å². The number of carbonyl (C=O) groups is 3. The van der Waals surface area contributed by atoms with Crippen molar-refractivity contribution in [1.29, 1.82) is 0 Å². The largest absolute Gasteiger partial charge is 0.419 e. The Bertz CT molecular complexity index is 656. The summed E-state index contributed by atoms with van der Waals surface area (Å²) in [5, 5.41) is 5.45. The van der Waals surface area contributed by atoms with Crippen LogP contribution in [-0.4, -0.2) is 37.3 Å². The van der Waals surface area contributed by atoms with Crippen molar-refractivity contribution in [2.75, 3.05) is 24.4 Å². The minimum atomic E-state index is -1.27. The van der Waals surface area contributed by atoms with Crippen LogP contribution in [-0.2, 0) is 28.6 Å². The normalized spacial score (nSPS) is 16.0. The highest BCUT2D eigenvalue weighted by molar-refractivity contribution is 6.15. The van der Waals surface area contributed by atoms with Crippen molar-refractivity contribution in [3.63, 3.8) is 0 Å². The molecule has 0 aliphatic carbocycles. The van der Waals surface area contributed by atoms with Gasteiger partial charge in [-0.3, -0.25) is 4.79 Å². The van der Waals surface area contributed by atoms with Crippen LogP contribution in [0.5, 0.6) is 0 Å². The molecule has 1 heterocycles. The molecule has 1 aliphatic rings. The number of esters is 2. The number of hydrogen-bond donors (Lipinski definition) is 2. The number of amides is 1. The molecule has 128 valence electrons. The molecule has 0 aromatic heterocycles. The van der Waals surface area contributed by atoms with Crippen LogP contribution in [0.15, 0.2) is 36.0 Å². The first-order chi connectivity index (χ1) is 11.3. The van der Waals surface area contributed by atoms with Crippen LogP contribution in [0.25, 0.3) is 0 Å². The van der Waals surface area contributed by atoms with Crippen molar-refractivity contribution < 1.29 is 28.6 Å². The topological polar surface area (TPSA) is 103 Å². The van der Waals surface area contributed by atoms with Crippen LogP contribution in [0, 0.1) is 0 Å². The number of carbonyl (C=O) groups excluding carboxylic acids is 3. The molecule has 8 heteroatoms. The molecule has 2 N–H and O–H groups in total. The number of hydrogen-bond acceptors (Lipinski definition) is 7. The lowest BCUT2D eigenvalue weighted by molar-refractivity contribution is -0.222. The second kappa shape index (κ2) is 7.14. The van der Waals surface area contributed by atoms with Gasteiger partial charge in [0.25, 0.3) is 5.79 Å². The van der Waals surface area contributed by atoms with Gasteiger partial charge < -0.3 is 24.8 Å². The summed E-state index contributed by atoms with van der Waals surface area (Å²) in [5.41, 5.74) is 0.970. The third-order valence-electron chi connectivity index (χ3n) is 2.94. The Morgan fingerprint density at radius 2 is 1.67 bits per heavy atom. The van der Waals surface area contributed by atoms with Gasteiger partial charge in [0.15, 0.2) is 5.57 Å². The first kappa shape index (κ1) is 17.5. The number of anilines is 2. The maximum absolute atomic E-state index is 11.8. The first-order valence-corrected chi connectivity index (χ1v) is 7.13. The highest BCUT2D eigenvalue weighted by Gasteiger charge is 2.38. The van der Waals surface area contributed by atoms with Crippen LogP contribution in [0.3, 0.4) is 0 Å². The van der Waals surface area contributed by atoms with Gasteiger partial charge in [0.1, 0.15) is 6.61 Å². The van der Waals surface area contributed by atoms with Crippen molar-refractivity contribution in [2.45, 2.75) is 19.6 Å². The molecule has 1 aliphatic heterocycles. The van der Waals surface area contributed by atoms with Crippen molar-refractivity contribution in [3.8, 4) is 0 Å². The second-order valence-electron chi connectivity index (χ2n) is 5.44. The quantitative estimate of drug-likeness (QED) is 0.476. The number of rotatable bonds is 5. The molecule has 0 atom stereocenters. The van der Waals surface area contributed by atoms with Crippen molar-refractivity contribution in [2.24, 2.45) is 0 Å². The van der Waals surface area contributed by atoms with Crippen molar-refractivity contribution in [1.82, 2.24) is 0 Å². The molecule has 0 unspecified atom stereocenters. The molecule has 0 spiro atoms. The maximum Gasteiger partial charge on any atom is 0.350 e. The fourth-order valence-corrected chi connectivity index (χ4v) is 1.91. The monoisotopic (exact) mass is 334 g/mol. The zero-order valence-electron chi connectivity index (χ0n) is 13.5. The summed E-state index contributed by atoms with van der Waals surface area (Å²) < 4.78 is 14.7. The molecular formula is C16H18N2O6. The van der Waals surface area contributed by atoms with Crippen LogP contribution < -0.4 is 10.6 Å². The Hall–Kier alpha value is -2.87. The number of cyclic esters (lactones) is 2. The minimum Gasteiger partial charge on any atom is -0.419 e. The predicted octanol–water partition coefficient (Wildman–Crippen LogP) is 1.40. The van der Waals surface area contributed by atoms with E-state index in [0.29, 0.717) is 11.4 Å². The summed E-state index contributed by atoms with van der Waals surface area (Å²) in [6.45, 7) is 2.92. The highest BCUT2D eigenvalue weighted by atomic mass is 16.7. The Morgan fingerprint density at radius 1 is 1.12 bits per heavy atom. The Kier molecular flexibility index (Phi) is 5.20. The summed E-state index contributed by atoms with van der Waals surface area (Å²) >= 11 is 0. The minimum absolute atomic E-state index is 0.0350. The van der Waals surface area contributed by atoms with Crippen molar-refractivity contribution in [3.05, 3.63) is 36.0 Å². The van der Waals surface area contributed by atoms with Gasteiger partial charge in [-0.25, -0.2) is 9.59 Å². The lowest BCUT2D eigenvalue weighted by atomic mass is 10.2. The Balaban J connectivity index is 2.00. The van der Waals surface area contributed by atoms with E-state index >= 15 is 0 Å². The molecule has 24 heavy (non-hydrogen) atoms. The van der Waals surface area contributed by atoms with Crippen molar-refractivity contribution >= 4 is 29.2 Å². The summed E-state index contributed by atoms with van der Waals surface area (Å²) in [7, 11) is 1.43. The molecule has 1 saturated heterocycles. The SMILES string of the molecule is COCC(=O)Nc1ccc(NC=C2C(=O)OC(C)(C)OC2=O)cc1. The van der Waals surface area contributed by atoms with E-state index in [1.54, 1.807) is 24.3 Å². The zero-order chi connectivity index (χ0) is 17.7. The van der Waals surface area contributed by atoms with E-state index in [4.69, 9.17) is 14.2 Å². The molecule has 0 saturated carbocycles. The molecule has 1 fully saturated rings. The number of benzene rings is 1. The third-order valence-corrected chi connectivity index (χ3v) is 2.94. The third kappa shape index (κ3) is 4.56. The van der Waals surface area contributed by atoms with Crippen LogP contribution >= 0.6 is 0 Å². The summed E-state index contributed by atoms with van der Waals surface area (Å²) in [5.74, 6) is -3.05. The average Bonchev–Trinajstić information content (AvgIpc) is 2.47. The molecular weight excluding hydrogens is 316 g/mol. The van der Waals surface area contributed by atoms with E-state index in [9.17, 15) is 14.4 Å². The first-order valence-electron chi connectivity index (χ1n) is 7.13. The molecule has 2 rings (SSSR count). The molecule has 0 radical (unpaired) electrons. The summed E-state index contributed by atoms with van der Waals surface area (Å²) in [4.78, 5) is 35.0. The van der Waals surface area contributed by atoms with Gasteiger partial charge in [-0.15, -0.1) is 0 Å². The highest BCUT2D eigenvalue weighted by Crippen LogP contribution is 2.23. The molecule has 0 bridgehead atoms. The maximum atomic E-state index is 11.8. The number of methoxy groups -OCH3 is 1. The fraction of sp³-hybridized carbons (Fsp3) is 0.312. The molecule has 1 aromatic carbocycles. The Morgan fingerprint density at radius 3 is 2.21 bits per heavy atom. The van der Waals surface area contributed by atoms with Gasteiger partial charge in [0.05, 0.1) is 0 Å². The van der Waals surface area contributed by atoms with E-state index in [2.05, 4.69) is 10.6 Å². The lowest BCUT2D eigenvalue weighted by Gasteiger charge is -2.29. The van der Waals surface area contributed by atoms with Gasteiger partial charge >= 0.3 is 11.9 Å². The van der Waals surface area contributed by atoms with E-state index in [1.165, 1.54) is 27.2 Å². The summed E-state index contributed by atoms with van der Waals surface area (Å²) in [6, 6.07) is 6.66. The standard InChI is InChI=1S/C16H18N2O6/c1-16(2)23-14(20)12(15(21)24-16)8-17-10-4-6-11(7-5-10)18-13(19)9-22-3/h4-8,17H,9H2,1-3H3,(H,18,19). The smallest absolute Gasteiger partial charge is 0.350 e. The van der Waals surface area contributed by atoms with Gasteiger partial charge in [-0.1, -0.05) is 0 Å². The van der Waals surface area contributed by atoms with E-state index in [-0.39, 0.29) is 18.1 Å².